The van der Waals surface area contributed by atoms with Crippen LogP contribution in [0, 0.1) is 5.92 Å². The van der Waals surface area contributed by atoms with Crippen molar-refractivity contribution in [3.05, 3.63) is 17.5 Å². The molecule has 1 aromatic rings. The lowest BCUT2D eigenvalue weighted by molar-refractivity contribution is 0.0289. The smallest absolute Gasteiger partial charge is 0.287 e. The molecule has 1 aliphatic heterocycles. The van der Waals surface area contributed by atoms with E-state index in [0.717, 1.165) is 19.5 Å². The van der Waals surface area contributed by atoms with Gasteiger partial charge in [-0.25, -0.2) is 5.84 Å². The Kier molecular flexibility index (Phi) is 3.95. The number of nitrogens with two attached hydrogens (primary N) is 1. The average Bonchev–Trinajstić information content (AvgIpc) is 2.81. The van der Waals surface area contributed by atoms with Crippen molar-refractivity contribution in [2.75, 3.05) is 13.1 Å². The van der Waals surface area contributed by atoms with Crippen LogP contribution in [0.25, 0.3) is 0 Å². The average molecular weight is 254 g/mol. The molecule has 0 radical (unpaired) electrons. The van der Waals surface area contributed by atoms with Crippen LogP contribution in [0.4, 0.5) is 0 Å². The summed E-state index contributed by atoms with van der Waals surface area (Å²) in [5.74, 6) is 5.41. The Hall–Kier alpha value is -1.44. The Morgan fingerprint density at radius 1 is 1.78 bits per heavy atom. The van der Waals surface area contributed by atoms with Gasteiger partial charge in [0.2, 0.25) is 0 Å². The quantitative estimate of drug-likeness (QED) is 0.381. The van der Waals surface area contributed by atoms with Crippen molar-refractivity contribution in [1.29, 1.82) is 0 Å². The molecular formula is C11H18N4O3. The van der Waals surface area contributed by atoms with E-state index in [-0.39, 0.29) is 17.7 Å². The van der Waals surface area contributed by atoms with Gasteiger partial charge in [0.15, 0.2) is 11.5 Å². The molecule has 0 aliphatic carbocycles. The summed E-state index contributed by atoms with van der Waals surface area (Å²) in [6.07, 6.45) is 0.528. The van der Waals surface area contributed by atoms with Crippen LogP contribution in [-0.2, 0) is 6.54 Å². The lowest BCUT2D eigenvalue weighted by atomic mass is 9.97. The van der Waals surface area contributed by atoms with E-state index in [1.165, 1.54) is 0 Å². The van der Waals surface area contributed by atoms with Gasteiger partial charge in [0.05, 0.1) is 12.6 Å². The Bertz CT molecular complexity index is 420. The number of aromatic nitrogens is 1. The number of amides is 1. The Morgan fingerprint density at radius 2 is 2.56 bits per heavy atom. The van der Waals surface area contributed by atoms with Crippen molar-refractivity contribution < 1.29 is 14.4 Å². The predicted molar refractivity (Wildman–Crippen MR) is 63.2 cm³/mol. The summed E-state index contributed by atoms with van der Waals surface area (Å²) in [6, 6.07) is 1.58. The van der Waals surface area contributed by atoms with Crippen LogP contribution in [0.5, 0.6) is 0 Å². The van der Waals surface area contributed by atoms with Crippen LogP contribution < -0.4 is 11.3 Å². The van der Waals surface area contributed by atoms with Gasteiger partial charge in [-0.15, -0.1) is 0 Å². The predicted octanol–water partition coefficient (Wildman–Crippen LogP) is -0.519. The number of carbonyl (C=O) groups excluding carboxylic acids is 1. The van der Waals surface area contributed by atoms with Crippen LogP contribution in [0.15, 0.2) is 10.6 Å². The summed E-state index contributed by atoms with van der Waals surface area (Å²) in [5, 5.41) is 13.3. The molecule has 7 nitrogen and oxygen atoms in total. The van der Waals surface area contributed by atoms with Gasteiger partial charge in [0.1, 0.15) is 0 Å². The largest absolute Gasteiger partial charge is 0.393 e. The molecule has 2 atom stereocenters. The van der Waals surface area contributed by atoms with Gasteiger partial charge in [-0.3, -0.25) is 15.1 Å². The molecule has 1 amide bonds. The first-order valence-corrected chi connectivity index (χ1v) is 5.97. The molecule has 18 heavy (non-hydrogen) atoms. The Balaban J connectivity index is 1.93. The number of hydrogen-bond donors (Lipinski definition) is 3. The second-order valence-electron chi connectivity index (χ2n) is 4.72. The number of piperidine rings is 1. The number of aliphatic hydroxyl groups is 1. The lowest BCUT2D eigenvalue weighted by Gasteiger charge is -2.33. The standard InChI is InChI=1S/C11H18N4O3/c1-7-5-15(3-2-10(7)16)6-8-4-9(14-18-8)11(17)13-12/h4,7,10,16H,2-3,5-6,12H2,1H3,(H,13,17). The number of nitrogens with zero attached hydrogens (tertiary/aromatic N) is 2. The fraction of sp³-hybridized carbons (Fsp3) is 0.636. The Labute approximate surface area is 105 Å². The highest BCUT2D eigenvalue weighted by molar-refractivity contribution is 5.91. The molecule has 2 rings (SSSR count). The highest BCUT2D eigenvalue weighted by Gasteiger charge is 2.25. The molecule has 0 bridgehead atoms. The van der Waals surface area contributed by atoms with Gasteiger partial charge in [-0.1, -0.05) is 12.1 Å². The Morgan fingerprint density at radius 3 is 3.22 bits per heavy atom. The molecule has 7 heteroatoms. The molecule has 2 heterocycles. The van der Waals surface area contributed by atoms with Crippen molar-refractivity contribution in [2.45, 2.75) is 26.0 Å². The van der Waals surface area contributed by atoms with Crippen LogP contribution in [0.3, 0.4) is 0 Å². The van der Waals surface area contributed by atoms with Crippen molar-refractivity contribution >= 4 is 5.91 Å². The summed E-state index contributed by atoms with van der Waals surface area (Å²) in [6.45, 7) is 4.22. The van der Waals surface area contributed by atoms with E-state index in [1.54, 1.807) is 6.07 Å². The zero-order chi connectivity index (χ0) is 13.1. The van der Waals surface area contributed by atoms with Crippen molar-refractivity contribution in [1.82, 2.24) is 15.5 Å². The molecule has 0 saturated carbocycles. The first-order valence-electron chi connectivity index (χ1n) is 5.97. The summed E-state index contributed by atoms with van der Waals surface area (Å²) in [7, 11) is 0. The van der Waals surface area contributed by atoms with Gasteiger partial charge in [-0.2, -0.15) is 0 Å². The second kappa shape index (κ2) is 5.47. The van der Waals surface area contributed by atoms with Crippen LogP contribution >= 0.6 is 0 Å². The van der Waals surface area contributed by atoms with E-state index in [1.807, 2.05) is 12.3 Å². The highest BCUT2D eigenvalue weighted by atomic mass is 16.5. The lowest BCUT2D eigenvalue weighted by Crippen LogP contribution is -2.41. The van der Waals surface area contributed by atoms with Crippen LogP contribution in [-0.4, -0.2) is 40.3 Å². The van der Waals surface area contributed by atoms with Gasteiger partial charge >= 0.3 is 0 Å². The zero-order valence-electron chi connectivity index (χ0n) is 10.3. The number of nitrogens with one attached hydrogen (secondary N) is 1. The molecule has 1 fully saturated rings. The van der Waals surface area contributed by atoms with Crippen molar-refractivity contribution in [2.24, 2.45) is 11.8 Å². The third-order valence-electron chi connectivity index (χ3n) is 3.25. The van der Waals surface area contributed by atoms with E-state index in [9.17, 15) is 9.90 Å². The first kappa shape index (κ1) is 13.0. The zero-order valence-corrected chi connectivity index (χ0v) is 10.3. The number of nitrogen functional groups attached to an aromatic ring is 1. The monoisotopic (exact) mass is 254 g/mol. The SMILES string of the molecule is CC1CN(Cc2cc(C(=O)NN)no2)CCC1O. The number of rotatable bonds is 3. The fourth-order valence-electron chi connectivity index (χ4n) is 2.15. The van der Waals surface area contributed by atoms with Crippen LogP contribution in [0.2, 0.25) is 0 Å². The number of carbonyl (C=O) groups is 1. The van der Waals surface area contributed by atoms with Gasteiger partial charge in [0.25, 0.3) is 5.91 Å². The third kappa shape index (κ3) is 2.87. The van der Waals surface area contributed by atoms with Crippen LogP contribution in [0.1, 0.15) is 29.6 Å². The number of hydrogen-bond acceptors (Lipinski definition) is 6. The maximum Gasteiger partial charge on any atom is 0.287 e. The minimum absolute atomic E-state index is 0.178. The first-order chi connectivity index (χ1) is 8.60. The summed E-state index contributed by atoms with van der Waals surface area (Å²) < 4.78 is 5.08. The molecule has 1 aromatic heterocycles. The second-order valence-corrected chi connectivity index (χ2v) is 4.72. The molecule has 100 valence electrons. The molecule has 0 spiro atoms. The number of aliphatic hydroxyl groups excluding tert-OH is 1. The molecule has 2 unspecified atom stereocenters. The minimum atomic E-state index is -0.465. The van der Waals surface area contributed by atoms with Crippen molar-refractivity contribution in [3.63, 3.8) is 0 Å². The molecule has 0 aromatic carbocycles. The number of likely N-dealkylation sites (tertiary alicyclic amines) is 1. The maximum absolute atomic E-state index is 11.2. The van der Waals surface area contributed by atoms with Gasteiger partial charge < -0.3 is 9.63 Å². The van der Waals surface area contributed by atoms with E-state index in [2.05, 4.69) is 10.1 Å². The molecule has 1 aliphatic rings. The molecule has 1 saturated heterocycles. The summed E-state index contributed by atoms with van der Waals surface area (Å²) >= 11 is 0. The summed E-state index contributed by atoms with van der Waals surface area (Å²) in [5.41, 5.74) is 2.18. The van der Waals surface area contributed by atoms with E-state index in [4.69, 9.17) is 10.4 Å². The number of hydrazine groups is 1. The van der Waals surface area contributed by atoms with E-state index in [0.29, 0.717) is 12.3 Å². The normalized spacial score (nSPS) is 25.1. The minimum Gasteiger partial charge on any atom is -0.393 e. The summed E-state index contributed by atoms with van der Waals surface area (Å²) in [4.78, 5) is 13.4. The van der Waals surface area contributed by atoms with Gasteiger partial charge in [-0.05, 0) is 12.3 Å². The van der Waals surface area contributed by atoms with Gasteiger partial charge in [0, 0.05) is 19.2 Å². The maximum atomic E-state index is 11.2. The van der Waals surface area contributed by atoms with E-state index >= 15 is 0 Å². The fourth-order valence-corrected chi connectivity index (χ4v) is 2.15. The highest BCUT2D eigenvalue weighted by Crippen LogP contribution is 2.18. The van der Waals surface area contributed by atoms with E-state index < -0.39 is 5.91 Å². The third-order valence-corrected chi connectivity index (χ3v) is 3.25. The van der Waals surface area contributed by atoms with Crippen molar-refractivity contribution in [3.8, 4) is 0 Å². The molecule has 4 N–H and O–H groups in total. The topological polar surface area (TPSA) is 105 Å². The molecular weight excluding hydrogens is 236 g/mol.